The fourth-order valence-electron chi connectivity index (χ4n) is 1.08. The Bertz CT molecular complexity index is 244. The van der Waals surface area contributed by atoms with E-state index in [1.807, 2.05) is 13.8 Å². The van der Waals surface area contributed by atoms with Gasteiger partial charge in [0.2, 0.25) is 0 Å². The number of nitrogens with one attached hydrogen (secondary N) is 1. The molecule has 0 radical (unpaired) electrons. The van der Waals surface area contributed by atoms with E-state index in [0.717, 1.165) is 0 Å². The number of rotatable bonds is 8. The van der Waals surface area contributed by atoms with Crippen LogP contribution < -0.4 is 5.73 Å². The van der Waals surface area contributed by atoms with Crippen molar-refractivity contribution < 1.29 is 14.3 Å². The Morgan fingerprint density at radius 2 is 2.06 bits per heavy atom. The molecule has 0 aromatic carbocycles. The molecule has 0 aliphatic heterocycles. The van der Waals surface area contributed by atoms with Gasteiger partial charge in [0.15, 0.2) is 0 Å². The van der Waals surface area contributed by atoms with Crippen molar-refractivity contribution in [3.63, 3.8) is 0 Å². The number of nitrogens with two attached hydrogens (primary N) is 1. The van der Waals surface area contributed by atoms with Crippen molar-refractivity contribution in [2.24, 2.45) is 11.7 Å². The molecule has 6 heteroatoms. The van der Waals surface area contributed by atoms with Crippen molar-refractivity contribution in [1.82, 2.24) is 4.90 Å². The monoisotopic (exact) mass is 245 g/mol. The average Bonchev–Trinajstić information content (AvgIpc) is 2.25. The smallest absolute Gasteiger partial charge is 0.409 e. The molecule has 0 bridgehead atoms. The van der Waals surface area contributed by atoms with Crippen molar-refractivity contribution in [2.45, 2.75) is 20.3 Å². The predicted octanol–water partition coefficient (Wildman–Crippen LogP) is 1.05. The molecule has 0 rings (SSSR count). The molecule has 0 aromatic heterocycles. The van der Waals surface area contributed by atoms with E-state index in [4.69, 9.17) is 20.6 Å². The van der Waals surface area contributed by atoms with Gasteiger partial charge in [-0.3, -0.25) is 5.41 Å². The van der Waals surface area contributed by atoms with Crippen LogP contribution in [0.5, 0.6) is 0 Å². The number of hydrogen-bond donors (Lipinski definition) is 2. The van der Waals surface area contributed by atoms with Crippen LogP contribution in [0, 0.1) is 11.3 Å². The summed E-state index contributed by atoms with van der Waals surface area (Å²) in [6, 6.07) is 0. The predicted molar refractivity (Wildman–Crippen MR) is 66.2 cm³/mol. The number of ether oxygens (including phenoxy) is 2. The number of nitrogens with zero attached hydrogens (tertiary/aromatic N) is 1. The molecule has 3 N–H and O–H groups in total. The van der Waals surface area contributed by atoms with E-state index in [1.54, 1.807) is 7.11 Å². The average molecular weight is 245 g/mol. The molecule has 100 valence electrons. The van der Waals surface area contributed by atoms with Crippen LogP contribution >= 0.6 is 0 Å². The molecule has 0 unspecified atom stereocenters. The molecule has 0 atom stereocenters. The van der Waals surface area contributed by atoms with Gasteiger partial charge < -0.3 is 20.1 Å². The lowest BCUT2D eigenvalue weighted by molar-refractivity contribution is 0.0803. The topological polar surface area (TPSA) is 88.6 Å². The molecular formula is C11H23N3O3. The molecular weight excluding hydrogens is 222 g/mol. The third-order valence-electron chi connectivity index (χ3n) is 2.01. The normalized spacial score (nSPS) is 10.4. The van der Waals surface area contributed by atoms with E-state index in [1.165, 1.54) is 4.90 Å². The van der Waals surface area contributed by atoms with Gasteiger partial charge in [0.05, 0.1) is 19.0 Å². The van der Waals surface area contributed by atoms with Crippen LogP contribution in [0.15, 0.2) is 0 Å². The largest absolute Gasteiger partial charge is 0.449 e. The minimum Gasteiger partial charge on any atom is -0.449 e. The van der Waals surface area contributed by atoms with Crippen LogP contribution in [-0.2, 0) is 9.47 Å². The van der Waals surface area contributed by atoms with E-state index >= 15 is 0 Å². The summed E-state index contributed by atoms with van der Waals surface area (Å²) in [5.41, 5.74) is 5.26. The van der Waals surface area contributed by atoms with Crippen LogP contribution in [0.4, 0.5) is 4.79 Å². The van der Waals surface area contributed by atoms with Gasteiger partial charge in [0.1, 0.15) is 0 Å². The number of hydrogen-bond acceptors (Lipinski definition) is 4. The zero-order valence-corrected chi connectivity index (χ0v) is 10.9. The summed E-state index contributed by atoms with van der Waals surface area (Å²) < 4.78 is 10.0. The molecule has 0 aromatic rings. The number of carbonyl (C=O) groups excluding carboxylic acids is 1. The van der Waals surface area contributed by atoms with Crippen molar-refractivity contribution in [3.8, 4) is 0 Å². The third kappa shape index (κ3) is 8.50. The van der Waals surface area contributed by atoms with Gasteiger partial charge in [-0.15, -0.1) is 0 Å². The molecule has 1 amide bonds. The first-order valence-electron chi connectivity index (χ1n) is 5.71. The second-order valence-corrected chi connectivity index (χ2v) is 4.23. The van der Waals surface area contributed by atoms with Crippen LogP contribution in [0.25, 0.3) is 0 Å². The van der Waals surface area contributed by atoms with Gasteiger partial charge in [0, 0.05) is 26.6 Å². The molecule has 0 saturated carbocycles. The quantitative estimate of drug-likeness (QED) is 0.494. The summed E-state index contributed by atoms with van der Waals surface area (Å²) in [6.45, 7) is 5.61. The fourth-order valence-corrected chi connectivity index (χ4v) is 1.08. The summed E-state index contributed by atoms with van der Waals surface area (Å²) in [5, 5.41) is 7.14. The lowest BCUT2D eigenvalue weighted by Crippen LogP contribution is -2.37. The van der Waals surface area contributed by atoms with Gasteiger partial charge in [0.25, 0.3) is 0 Å². The van der Waals surface area contributed by atoms with E-state index in [2.05, 4.69) is 0 Å². The van der Waals surface area contributed by atoms with E-state index in [9.17, 15) is 4.79 Å². The maximum atomic E-state index is 11.7. The number of methoxy groups -OCH3 is 1. The Kier molecular flexibility index (Phi) is 8.13. The SMILES string of the molecule is COCCN(CCC(=N)N)C(=O)OCC(C)C. The lowest BCUT2D eigenvalue weighted by atomic mass is 10.2. The Morgan fingerprint density at radius 3 is 2.53 bits per heavy atom. The lowest BCUT2D eigenvalue weighted by Gasteiger charge is -2.22. The Hall–Kier alpha value is -1.30. The van der Waals surface area contributed by atoms with Crippen molar-refractivity contribution >= 4 is 11.9 Å². The van der Waals surface area contributed by atoms with Crippen molar-refractivity contribution in [2.75, 3.05) is 33.4 Å². The molecule has 0 aliphatic rings. The second-order valence-electron chi connectivity index (χ2n) is 4.23. The molecule has 0 spiro atoms. The zero-order chi connectivity index (χ0) is 13.3. The van der Waals surface area contributed by atoms with Crippen molar-refractivity contribution in [3.05, 3.63) is 0 Å². The molecule has 0 aliphatic carbocycles. The van der Waals surface area contributed by atoms with Crippen LogP contribution in [0.1, 0.15) is 20.3 Å². The fraction of sp³-hybridized carbons (Fsp3) is 0.818. The van der Waals surface area contributed by atoms with Gasteiger partial charge in [-0.05, 0) is 5.92 Å². The first kappa shape index (κ1) is 15.7. The maximum Gasteiger partial charge on any atom is 0.409 e. The molecule has 6 nitrogen and oxygen atoms in total. The van der Waals surface area contributed by atoms with Gasteiger partial charge >= 0.3 is 6.09 Å². The zero-order valence-electron chi connectivity index (χ0n) is 10.9. The van der Waals surface area contributed by atoms with Crippen LogP contribution in [-0.4, -0.2) is 50.2 Å². The van der Waals surface area contributed by atoms with E-state index < -0.39 is 0 Å². The molecule has 0 heterocycles. The Balaban J connectivity index is 4.13. The second kappa shape index (κ2) is 8.81. The maximum absolute atomic E-state index is 11.7. The molecule has 0 fully saturated rings. The highest BCUT2D eigenvalue weighted by molar-refractivity contribution is 5.77. The van der Waals surface area contributed by atoms with Gasteiger partial charge in [-0.1, -0.05) is 13.8 Å². The number of amides is 1. The Morgan fingerprint density at radius 1 is 1.41 bits per heavy atom. The summed E-state index contributed by atoms with van der Waals surface area (Å²) in [6.07, 6.45) is -0.0301. The Labute approximate surface area is 103 Å². The van der Waals surface area contributed by atoms with E-state index in [0.29, 0.717) is 38.6 Å². The number of carbonyl (C=O) groups is 1. The first-order valence-corrected chi connectivity index (χ1v) is 5.71. The summed E-state index contributed by atoms with van der Waals surface area (Å²) in [5.74, 6) is 0.361. The van der Waals surface area contributed by atoms with Crippen molar-refractivity contribution in [1.29, 1.82) is 5.41 Å². The third-order valence-corrected chi connectivity index (χ3v) is 2.01. The molecule has 0 saturated heterocycles. The van der Waals surface area contributed by atoms with E-state index in [-0.39, 0.29) is 11.9 Å². The van der Waals surface area contributed by atoms with Gasteiger partial charge in [-0.2, -0.15) is 0 Å². The standard InChI is InChI=1S/C11H23N3O3/c1-9(2)8-17-11(15)14(6-7-16-3)5-4-10(12)13/h9H,4-8H2,1-3H3,(H3,12,13). The summed E-state index contributed by atoms with van der Waals surface area (Å²) >= 11 is 0. The highest BCUT2D eigenvalue weighted by atomic mass is 16.6. The van der Waals surface area contributed by atoms with Crippen LogP contribution in [0.3, 0.4) is 0 Å². The summed E-state index contributed by atoms with van der Waals surface area (Å²) in [7, 11) is 1.57. The highest BCUT2D eigenvalue weighted by Gasteiger charge is 2.15. The number of amidine groups is 1. The minimum atomic E-state index is -0.378. The first-order chi connectivity index (χ1) is 7.97. The highest BCUT2D eigenvalue weighted by Crippen LogP contribution is 2.00. The molecule has 17 heavy (non-hydrogen) atoms. The summed E-state index contributed by atoms with van der Waals surface area (Å²) in [4.78, 5) is 13.2. The minimum absolute atomic E-state index is 0.0593. The van der Waals surface area contributed by atoms with Crippen LogP contribution in [0.2, 0.25) is 0 Å². The van der Waals surface area contributed by atoms with Gasteiger partial charge in [-0.25, -0.2) is 4.79 Å².